The lowest BCUT2D eigenvalue weighted by Crippen LogP contribution is -2.50. The molecule has 16 heavy (non-hydrogen) atoms. The van der Waals surface area contributed by atoms with Crippen molar-refractivity contribution in [1.29, 1.82) is 0 Å². The van der Waals surface area contributed by atoms with Crippen molar-refractivity contribution in [3.8, 4) is 0 Å². The first-order valence-electron chi connectivity index (χ1n) is 6.84. The normalized spacial score (nSPS) is 27.2. The molecular formula is C13H28N2O. The summed E-state index contributed by atoms with van der Waals surface area (Å²) in [5, 5.41) is 3.51. The van der Waals surface area contributed by atoms with Gasteiger partial charge in [-0.2, -0.15) is 0 Å². The van der Waals surface area contributed by atoms with Crippen LogP contribution in [0.2, 0.25) is 0 Å². The predicted molar refractivity (Wildman–Crippen MR) is 68.8 cm³/mol. The van der Waals surface area contributed by atoms with Crippen molar-refractivity contribution in [3.63, 3.8) is 0 Å². The molecule has 0 saturated carbocycles. The minimum Gasteiger partial charge on any atom is -0.376 e. The van der Waals surface area contributed by atoms with E-state index in [1.54, 1.807) is 0 Å². The highest BCUT2D eigenvalue weighted by Crippen LogP contribution is 2.13. The first-order chi connectivity index (χ1) is 7.77. The monoisotopic (exact) mass is 228 g/mol. The van der Waals surface area contributed by atoms with E-state index in [9.17, 15) is 0 Å². The van der Waals surface area contributed by atoms with Crippen LogP contribution in [0.25, 0.3) is 0 Å². The van der Waals surface area contributed by atoms with Gasteiger partial charge in [-0.3, -0.25) is 4.90 Å². The van der Waals surface area contributed by atoms with Gasteiger partial charge < -0.3 is 10.1 Å². The zero-order valence-corrected chi connectivity index (χ0v) is 11.2. The van der Waals surface area contributed by atoms with E-state index in [1.807, 2.05) is 0 Å². The lowest BCUT2D eigenvalue weighted by atomic mass is 10.1. The molecule has 1 N–H and O–H groups in total. The van der Waals surface area contributed by atoms with E-state index < -0.39 is 0 Å². The molecule has 0 aromatic carbocycles. The number of ether oxygens (including phenoxy) is 1. The zero-order valence-electron chi connectivity index (χ0n) is 11.2. The van der Waals surface area contributed by atoms with Crippen LogP contribution in [0.4, 0.5) is 0 Å². The van der Waals surface area contributed by atoms with Crippen molar-refractivity contribution < 1.29 is 4.74 Å². The summed E-state index contributed by atoms with van der Waals surface area (Å²) in [5.41, 5.74) is 0. The van der Waals surface area contributed by atoms with Crippen LogP contribution in [0.1, 0.15) is 40.0 Å². The van der Waals surface area contributed by atoms with Gasteiger partial charge in [-0.05, 0) is 26.3 Å². The number of unbranched alkanes of at least 4 members (excludes halogenated alkanes) is 1. The molecule has 3 nitrogen and oxygen atoms in total. The fourth-order valence-corrected chi connectivity index (χ4v) is 2.21. The summed E-state index contributed by atoms with van der Waals surface area (Å²) in [5.74, 6) is 0. The van der Waals surface area contributed by atoms with Gasteiger partial charge in [0.15, 0.2) is 0 Å². The minimum absolute atomic E-state index is 0.401. The Hall–Kier alpha value is -0.120. The first kappa shape index (κ1) is 13.9. The van der Waals surface area contributed by atoms with E-state index in [0.29, 0.717) is 12.1 Å². The third-order valence-corrected chi connectivity index (χ3v) is 3.34. The highest BCUT2D eigenvalue weighted by Gasteiger charge is 2.24. The molecule has 0 radical (unpaired) electrons. The summed E-state index contributed by atoms with van der Waals surface area (Å²) in [6, 6.07) is 0.629. The molecule has 2 atom stereocenters. The summed E-state index contributed by atoms with van der Waals surface area (Å²) in [6.07, 6.45) is 4.16. The predicted octanol–water partition coefficient (Wildman–Crippen LogP) is 1.88. The van der Waals surface area contributed by atoms with Crippen LogP contribution in [0, 0.1) is 0 Å². The second-order valence-corrected chi connectivity index (χ2v) is 4.80. The molecule has 0 amide bonds. The van der Waals surface area contributed by atoms with Crippen LogP contribution in [0.5, 0.6) is 0 Å². The SMILES string of the molecule is CCCCNCCN1CC(C)OCC1CC. The molecule has 1 rings (SSSR count). The molecule has 0 bridgehead atoms. The van der Waals surface area contributed by atoms with Crippen LogP contribution >= 0.6 is 0 Å². The Morgan fingerprint density at radius 3 is 2.81 bits per heavy atom. The molecule has 1 saturated heterocycles. The molecule has 1 aliphatic heterocycles. The van der Waals surface area contributed by atoms with Crippen LogP contribution < -0.4 is 5.32 Å². The van der Waals surface area contributed by atoms with Gasteiger partial charge in [0.05, 0.1) is 12.7 Å². The van der Waals surface area contributed by atoms with Crippen molar-refractivity contribution in [1.82, 2.24) is 10.2 Å². The van der Waals surface area contributed by atoms with E-state index in [1.165, 1.54) is 19.3 Å². The lowest BCUT2D eigenvalue weighted by molar-refractivity contribution is -0.0550. The molecule has 0 aromatic heterocycles. The number of nitrogens with zero attached hydrogens (tertiary/aromatic N) is 1. The Morgan fingerprint density at radius 1 is 1.31 bits per heavy atom. The third-order valence-electron chi connectivity index (χ3n) is 3.34. The largest absolute Gasteiger partial charge is 0.376 e. The minimum atomic E-state index is 0.401. The number of rotatable bonds is 7. The van der Waals surface area contributed by atoms with Crippen molar-refractivity contribution in [3.05, 3.63) is 0 Å². The highest BCUT2D eigenvalue weighted by molar-refractivity contribution is 4.77. The van der Waals surface area contributed by atoms with Gasteiger partial charge in [0, 0.05) is 25.7 Å². The lowest BCUT2D eigenvalue weighted by Gasteiger charge is -2.38. The van der Waals surface area contributed by atoms with Crippen LogP contribution in [0.3, 0.4) is 0 Å². The van der Waals surface area contributed by atoms with E-state index in [-0.39, 0.29) is 0 Å². The number of hydrogen-bond donors (Lipinski definition) is 1. The topological polar surface area (TPSA) is 24.5 Å². The third kappa shape index (κ3) is 4.81. The molecule has 1 fully saturated rings. The van der Waals surface area contributed by atoms with Crippen molar-refractivity contribution in [2.45, 2.75) is 52.2 Å². The van der Waals surface area contributed by atoms with E-state index in [2.05, 4.69) is 31.0 Å². The van der Waals surface area contributed by atoms with Crippen LogP contribution in [-0.2, 0) is 4.74 Å². The number of nitrogens with one attached hydrogen (secondary N) is 1. The number of hydrogen-bond acceptors (Lipinski definition) is 3. The van der Waals surface area contributed by atoms with Gasteiger partial charge in [-0.1, -0.05) is 20.3 Å². The smallest absolute Gasteiger partial charge is 0.0674 e. The summed E-state index contributed by atoms with van der Waals surface area (Å²) in [7, 11) is 0. The Kier molecular flexibility index (Phi) is 7.01. The van der Waals surface area contributed by atoms with Gasteiger partial charge in [-0.15, -0.1) is 0 Å². The maximum Gasteiger partial charge on any atom is 0.0674 e. The van der Waals surface area contributed by atoms with Gasteiger partial charge in [0.25, 0.3) is 0 Å². The second-order valence-electron chi connectivity index (χ2n) is 4.80. The highest BCUT2D eigenvalue weighted by atomic mass is 16.5. The fourth-order valence-electron chi connectivity index (χ4n) is 2.21. The van der Waals surface area contributed by atoms with Crippen LogP contribution in [-0.4, -0.2) is 49.8 Å². The Labute approximate surface area is 101 Å². The van der Waals surface area contributed by atoms with E-state index in [0.717, 1.165) is 32.8 Å². The average molecular weight is 228 g/mol. The molecule has 0 aromatic rings. The maximum atomic E-state index is 5.69. The molecule has 3 heteroatoms. The molecule has 1 heterocycles. The van der Waals surface area contributed by atoms with Gasteiger partial charge in [0.1, 0.15) is 0 Å². The van der Waals surface area contributed by atoms with Gasteiger partial charge in [0.2, 0.25) is 0 Å². The average Bonchev–Trinajstić information content (AvgIpc) is 2.29. The first-order valence-corrected chi connectivity index (χ1v) is 6.84. The molecule has 0 spiro atoms. The van der Waals surface area contributed by atoms with Crippen molar-refractivity contribution in [2.24, 2.45) is 0 Å². The van der Waals surface area contributed by atoms with Crippen molar-refractivity contribution in [2.75, 3.05) is 32.8 Å². The van der Waals surface area contributed by atoms with Crippen LogP contribution in [0.15, 0.2) is 0 Å². The van der Waals surface area contributed by atoms with E-state index >= 15 is 0 Å². The van der Waals surface area contributed by atoms with Crippen molar-refractivity contribution >= 4 is 0 Å². The fraction of sp³-hybridized carbons (Fsp3) is 1.00. The molecule has 2 unspecified atom stereocenters. The molecule has 1 aliphatic rings. The molecule has 96 valence electrons. The van der Waals surface area contributed by atoms with Gasteiger partial charge >= 0.3 is 0 Å². The summed E-state index contributed by atoms with van der Waals surface area (Å²) in [6.45, 7) is 12.1. The Morgan fingerprint density at radius 2 is 2.12 bits per heavy atom. The summed E-state index contributed by atoms with van der Waals surface area (Å²) < 4.78 is 5.69. The zero-order chi connectivity index (χ0) is 11.8. The van der Waals surface area contributed by atoms with E-state index in [4.69, 9.17) is 4.74 Å². The summed E-state index contributed by atoms with van der Waals surface area (Å²) in [4.78, 5) is 2.58. The summed E-state index contributed by atoms with van der Waals surface area (Å²) >= 11 is 0. The standard InChI is InChI=1S/C13H28N2O/c1-4-6-7-14-8-9-15-10-12(3)16-11-13(15)5-2/h12-14H,4-11H2,1-3H3. The maximum absolute atomic E-state index is 5.69. The molecular weight excluding hydrogens is 200 g/mol. The molecule has 0 aliphatic carbocycles. The Balaban J connectivity index is 2.16. The second kappa shape index (κ2) is 8.04. The van der Waals surface area contributed by atoms with Gasteiger partial charge in [-0.25, -0.2) is 0 Å². The number of morpholine rings is 1. The Bertz CT molecular complexity index is 175. The quantitative estimate of drug-likeness (QED) is 0.673.